The van der Waals surface area contributed by atoms with Gasteiger partial charge in [0.1, 0.15) is 0 Å². The summed E-state index contributed by atoms with van der Waals surface area (Å²) in [6.45, 7) is 5.86. The van der Waals surface area contributed by atoms with E-state index in [0.717, 1.165) is 18.8 Å². The Bertz CT molecular complexity index is 425. The molecule has 1 aromatic rings. The van der Waals surface area contributed by atoms with Gasteiger partial charge in [0.15, 0.2) is 0 Å². The van der Waals surface area contributed by atoms with E-state index in [-0.39, 0.29) is 11.4 Å². The van der Waals surface area contributed by atoms with Gasteiger partial charge in [-0.05, 0) is 24.3 Å². The third-order valence-corrected chi connectivity index (χ3v) is 3.01. The lowest BCUT2D eigenvalue weighted by molar-refractivity contribution is 0.166. The summed E-state index contributed by atoms with van der Waals surface area (Å²) in [5, 5.41) is 0. The molecular formula is C13H19N3O. The summed E-state index contributed by atoms with van der Waals surface area (Å²) in [7, 11) is 1.84. The van der Waals surface area contributed by atoms with Crippen molar-refractivity contribution in [3.63, 3.8) is 0 Å². The molecule has 2 amide bonds. The van der Waals surface area contributed by atoms with Gasteiger partial charge in [0.2, 0.25) is 0 Å². The molecule has 1 saturated heterocycles. The second-order valence-corrected chi connectivity index (χ2v) is 5.48. The molecule has 1 fully saturated rings. The zero-order valence-electron chi connectivity index (χ0n) is 10.6. The van der Waals surface area contributed by atoms with Crippen molar-refractivity contribution in [1.29, 1.82) is 0 Å². The van der Waals surface area contributed by atoms with Crippen LogP contribution < -0.4 is 10.6 Å². The Morgan fingerprint density at radius 2 is 1.76 bits per heavy atom. The molecule has 0 bridgehead atoms. The quantitative estimate of drug-likeness (QED) is 0.756. The fourth-order valence-electron chi connectivity index (χ4n) is 2.32. The van der Waals surface area contributed by atoms with Crippen LogP contribution in [0, 0.1) is 5.41 Å². The number of nitrogens with zero attached hydrogens (tertiary/aromatic N) is 2. The highest BCUT2D eigenvalue weighted by Gasteiger charge is 2.35. The van der Waals surface area contributed by atoms with E-state index >= 15 is 0 Å². The molecule has 0 atom stereocenters. The predicted molar refractivity (Wildman–Crippen MR) is 70.0 cm³/mol. The summed E-state index contributed by atoms with van der Waals surface area (Å²) >= 11 is 0. The van der Waals surface area contributed by atoms with E-state index in [9.17, 15) is 4.79 Å². The predicted octanol–water partition coefficient (Wildman–Crippen LogP) is 2.17. The molecule has 2 N–H and O–H groups in total. The Morgan fingerprint density at radius 3 is 2.35 bits per heavy atom. The summed E-state index contributed by atoms with van der Waals surface area (Å²) in [6.07, 6.45) is 0. The van der Waals surface area contributed by atoms with Crippen molar-refractivity contribution >= 4 is 17.4 Å². The van der Waals surface area contributed by atoms with Crippen molar-refractivity contribution in [1.82, 2.24) is 4.90 Å². The standard InChI is InChI=1S/C13H19N3O/c1-13(2)8-15(3)12(17)16(9-13)11-6-4-10(14)5-7-11/h4-7H,8-9,14H2,1-3H3. The largest absolute Gasteiger partial charge is 0.399 e. The van der Waals surface area contributed by atoms with E-state index in [4.69, 9.17) is 5.73 Å². The van der Waals surface area contributed by atoms with Gasteiger partial charge in [0.25, 0.3) is 0 Å². The Kier molecular flexibility index (Phi) is 2.73. The zero-order valence-corrected chi connectivity index (χ0v) is 10.6. The number of carbonyl (C=O) groups is 1. The zero-order chi connectivity index (χ0) is 12.6. The summed E-state index contributed by atoms with van der Waals surface area (Å²) < 4.78 is 0. The second-order valence-electron chi connectivity index (χ2n) is 5.48. The Hall–Kier alpha value is -1.71. The van der Waals surface area contributed by atoms with Crippen LogP contribution in [0.25, 0.3) is 0 Å². The normalized spacial score (nSPS) is 19.6. The highest BCUT2D eigenvalue weighted by Crippen LogP contribution is 2.29. The van der Waals surface area contributed by atoms with Gasteiger partial charge in [-0.3, -0.25) is 4.90 Å². The summed E-state index contributed by atoms with van der Waals surface area (Å²) in [5.41, 5.74) is 7.38. The minimum Gasteiger partial charge on any atom is -0.399 e. The van der Waals surface area contributed by atoms with Gasteiger partial charge in [-0.2, -0.15) is 0 Å². The van der Waals surface area contributed by atoms with E-state index < -0.39 is 0 Å². The minimum absolute atomic E-state index is 0.0501. The maximum Gasteiger partial charge on any atom is 0.324 e. The fourth-order valence-corrected chi connectivity index (χ4v) is 2.32. The molecule has 0 unspecified atom stereocenters. The van der Waals surface area contributed by atoms with Crippen LogP contribution >= 0.6 is 0 Å². The minimum atomic E-state index is 0.0501. The van der Waals surface area contributed by atoms with Crippen LogP contribution in [0.3, 0.4) is 0 Å². The Labute approximate surface area is 102 Å². The molecular weight excluding hydrogens is 214 g/mol. The first-order valence-corrected chi connectivity index (χ1v) is 5.77. The first-order valence-electron chi connectivity index (χ1n) is 5.77. The van der Waals surface area contributed by atoms with Crippen molar-refractivity contribution in [3.8, 4) is 0 Å². The van der Waals surface area contributed by atoms with Crippen molar-refractivity contribution in [3.05, 3.63) is 24.3 Å². The third-order valence-electron chi connectivity index (χ3n) is 3.01. The monoisotopic (exact) mass is 233 g/mol. The number of anilines is 2. The molecule has 4 nitrogen and oxygen atoms in total. The van der Waals surface area contributed by atoms with Gasteiger partial charge in [-0.1, -0.05) is 13.8 Å². The topological polar surface area (TPSA) is 49.6 Å². The molecule has 1 heterocycles. The number of hydrogen-bond donors (Lipinski definition) is 1. The van der Waals surface area contributed by atoms with Crippen LogP contribution in [0.2, 0.25) is 0 Å². The van der Waals surface area contributed by atoms with Crippen LogP contribution in [-0.2, 0) is 0 Å². The third kappa shape index (κ3) is 2.35. The van der Waals surface area contributed by atoms with Crippen LogP contribution in [0.4, 0.5) is 16.2 Å². The van der Waals surface area contributed by atoms with Crippen LogP contribution in [-0.4, -0.2) is 31.1 Å². The van der Waals surface area contributed by atoms with E-state index in [2.05, 4.69) is 13.8 Å². The van der Waals surface area contributed by atoms with E-state index in [0.29, 0.717) is 5.69 Å². The highest BCUT2D eigenvalue weighted by molar-refractivity contribution is 5.93. The van der Waals surface area contributed by atoms with Gasteiger partial charge in [-0.25, -0.2) is 4.79 Å². The molecule has 1 aromatic carbocycles. The van der Waals surface area contributed by atoms with Crippen molar-refractivity contribution in [2.24, 2.45) is 5.41 Å². The number of benzene rings is 1. The molecule has 4 heteroatoms. The maximum absolute atomic E-state index is 12.1. The second kappa shape index (κ2) is 3.95. The van der Waals surface area contributed by atoms with Crippen LogP contribution in [0.15, 0.2) is 24.3 Å². The lowest BCUT2D eigenvalue weighted by atomic mass is 9.90. The number of amides is 2. The van der Waals surface area contributed by atoms with Gasteiger partial charge < -0.3 is 10.6 Å². The molecule has 92 valence electrons. The van der Waals surface area contributed by atoms with Crippen molar-refractivity contribution < 1.29 is 4.79 Å². The summed E-state index contributed by atoms with van der Waals surface area (Å²) in [6, 6.07) is 7.48. The Balaban J connectivity index is 2.30. The summed E-state index contributed by atoms with van der Waals surface area (Å²) in [4.78, 5) is 15.7. The van der Waals surface area contributed by atoms with E-state index in [1.54, 1.807) is 4.90 Å². The number of carbonyl (C=O) groups excluding carboxylic acids is 1. The van der Waals surface area contributed by atoms with Crippen molar-refractivity contribution in [2.75, 3.05) is 30.8 Å². The van der Waals surface area contributed by atoms with Crippen molar-refractivity contribution in [2.45, 2.75) is 13.8 Å². The Morgan fingerprint density at radius 1 is 1.18 bits per heavy atom. The van der Waals surface area contributed by atoms with Gasteiger partial charge in [0, 0.05) is 36.9 Å². The number of hydrogen-bond acceptors (Lipinski definition) is 2. The van der Waals surface area contributed by atoms with E-state index in [1.807, 2.05) is 36.2 Å². The number of nitrogens with two attached hydrogens (primary N) is 1. The van der Waals surface area contributed by atoms with Gasteiger partial charge in [0.05, 0.1) is 0 Å². The SMILES string of the molecule is CN1CC(C)(C)CN(c2ccc(N)cc2)C1=O. The molecule has 0 saturated carbocycles. The average Bonchev–Trinajstić information content (AvgIpc) is 2.24. The highest BCUT2D eigenvalue weighted by atomic mass is 16.2. The molecule has 1 aliphatic rings. The fraction of sp³-hybridized carbons (Fsp3) is 0.462. The molecule has 0 radical (unpaired) electrons. The number of nitrogen functional groups attached to an aromatic ring is 1. The molecule has 0 spiro atoms. The van der Waals surface area contributed by atoms with Crippen LogP contribution in [0.1, 0.15) is 13.8 Å². The lowest BCUT2D eigenvalue weighted by Crippen LogP contribution is -2.55. The van der Waals surface area contributed by atoms with Gasteiger partial charge in [-0.15, -0.1) is 0 Å². The average molecular weight is 233 g/mol. The van der Waals surface area contributed by atoms with Crippen LogP contribution in [0.5, 0.6) is 0 Å². The molecule has 1 aliphatic heterocycles. The maximum atomic E-state index is 12.1. The molecule has 0 aliphatic carbocycles. The smallest absolute Gasteiger partial charge is 0.324 e. The number of urea groups is 1. The van der Waals surface area contributed by atoms with E-state index in [1.165, 1.54) is 0 Å². The first-order chi connectivity index (χ1) is 7.89. The molecule has 2 rings (SSSR count). The number of rotatable bonds is 1. The lowest BCUT2D eigenvalue weighted by Gasteiger charge is -2.42. The first kappa shape index (κ1) is 11.8. The van der Waals surface area contributed by atoms with Gasteiger partial charge >= 0.3 is 6.03 Å². The molecule has 17 heavy (non-hydrogen) atoms. The molecule has 0 aromatic heterocycles. The summed E-state index contributed by atoms with van der Waals surface area (Å²) in [5.74, 6) is 0.